The Morgan fingerprint density at radius 3 is 2.31 bits per heavy atom. The average Bonchev–Trinajstić information content (AvgIpc) is 3.26. The minimum atomic E-state index is 0. The molecule has 29 heavy (non-hydrogen) atoms. The number of aromatic nitrogens is 1. The van der Waals surface area contributed by atoms with E-state index in [4.69, 9.17) is 9.47 Å². The van der Waals surface area contributed by atoms with Crippen molar-refractivity contribution in [1.82, 2.24) is 4.98 Å². The second-order valence-corrected chi connectivity index (χ2v) is 7.46. The number of ether oxygens (including phenoxy) is 2. The van der Waals surface area contributed by atoms with Gasteiger partial charge in [-0.05, 0) is 73.1 Å². The monoisotopic (exact) mass is 389 g/mol. The third-order valence-electron chi connectivity index (χ3n) is 5.58. The van der Waals surface area contributed by atoms with Crippen LogP contribution in [0.1, 0.15) is 55.7 Å². The summed E-state index contributed by atoms with van der Waals surface area (Å²) in [4.78, 5) is 4.16. The number of benzene rings is 2. The first-order valence-electron chi connectivity index (χ1n) is 10.1. The number of methoxy groups -OCH3 is 1. The molecule has 1 aliphatic carbocycles. The van der Waals surface area contributed by atoms with Crippen LogP contribution < -0.4 is 9.47 Å². The summed E-state index contributed by atoms with van der Waals surface area (Å²) in [5, 5.41) is 0. The fourth-order valence-corrected chi connectivity index (χ4v) is 4.06. The number of rotatable bonds is 7. The maximum absolute atomic E-state index is 6.34. The Morgan fingerprint density at radius 2 is 1.62 bits per heavy atom. The molecule has 0 unspecified atom stereocenters. The maximum atomic E-state index is 6.34. The zero-order chi connectivity index (χ0) is 19.2. The maximum Gasteiger partial charge on any atom is 0.161 e. The standard InChI is InChI=1S/C25H27NO2.CH4/c1-27-24-12-11-21(18-25(24)28-22-9-5-6-10-22)23(20-7-3-2-4-8-20)17-19-13-15-26-16-14-19;/h2-4,7-8,11-16,18,22-23H,5-6,9-10,17H2,1H3;1H4/t23-;/m1./s1. The van der Waals surface area contributed by atoms with Crippen LogP contribution in [0.5, 0.6) is 11.5 Å². The molecule has 1 aromatic heterocycles. The zero-order valence-corrected chi connectivity index (χ0v) is 16.4. The Morgan fingerprint density at radius 1 is 0.897 bits per heavy atom. The van der Waals surface area contributed by atoms with Crippen LogP contribution in [-0.4, -0.2) is 18.2 Å². The molecule has 0 spiro atoms. The van der Waals surface area contributed by atoms with Crippen LogP contribution in [0.2, 0.25) is 0 Å². The van der Waals surface area contributed by atoms with Gasteiger partial charge in [0.2, 0.25) is 0 Å². The Kier molecular flexibility index (Phi) is 7.29. The van der Waals surface area contributed by atoms with Gasteiger partial charge in [-0.1, -0.05) is 43.8 Å². The summed E-state index contributed by atoms with van der Waals surface area (Å²) >= 11 is 0. The molecule has 3 aromatic rings. The van der Waals surface area contributed by atoms with Crippen LogP contribution in [0.15, 0.2) is 73.1 Å². The van der Waals surface area contributed by atoms with Gasteiger partial charge in [-0.15, -0.1) is 0 Å². The predicted octanol–water partition coefficient (Wildman–Crippen LogP) is 6.42. The minimum Gasteiger partial charge on any atom is -0.493 e. The van der Waals surface area contributed by atoms with Gasteiger partial charge in [-0.25, -0.2) is 0 Å². The Bertz CT molecular complexity index is 874. The predicted molar refractivity (Wildman–Crippen MR) is 119 cm³/mol. The highest BCUT2D eigenvalue weighted by Gasteiger charge is 2.21. The van der Waals surface area contributed by atoms with Crippen LogP contribution in [-0.2, 0) is 6.42 Å². The summed E-state index contributed by atoms with van der Waals surface area (Å²) in [6, 6.07) is 21.3. The molecule has 0 radical (unpaired) electrons. The zero-order valence-electron chi connectivity index (χ0n) is 16.4. The van der Waals surface area contributed by atoms with Gasteiger partial charge < -0.3 is 9.47 Å². The first kappa shape index (κ1) is 20.9. The largest absolute Gasteiger partial charge is 0.493 e. The van der Waals surface area contributed by atoms with E-state index >= 15 is 0 Å². The van der Waals surface area contributed by atoms with Crippen molar-refractivity contribution >= 4 is 0 Å². The molecule has 3 heteroatoms. The van der Waals surface area contributed by atoms with Crippen molar-refractivity contribution in [3.8, 4) is 11.5 Å². The lowest BCUT2D eigenvalue weighted by atomic mass is 9.86. The molecule has 3 nitrogen and oxygen atoms in total. The van der Waals surface area contributed by atoms with Gasteiger partial charge in [0.25, 0.3) is 0 Å². The quantitative estimate of drug-likeness (QED) is 0.467. The molecular formula is C26H31NO2. The van der Waals surface area contributed by atoms with Crippen molar-refractivity contribution in [3.05, 3.63) is 89.7 Å². The van der Waals surface area contributed by atoms with E-state index in [0.29, 0.717) is 6.10 Å². The molecule has 0 N–H and O–H groups in total. The van der Waals surface area contributed by atoms with Crippen molar-refractivity contribution in [3.63, 3.8) is 0 Å². The molecule has 1 saturated carbocycles. The van der Waals surface area contributed by atoms with Gasteiger partial charge in [0.15, 0.2) is 11.5 Å². The molecule has 1 heterocycles. The molecule has 0 saturated heterocycles. The third kappa shape index (κ3) is 5.17. The van der Waals surface area contributed by atoms with Gasteiger partial charge in [0, 0.05) is 18.3 Å². The lowest BCUT2D eigenvalue weighted by molar-refractivity contribution is 0.200. The number of pyridine rings is 1. The van der Waals surface area contributed by atoms with E-state index < -0.39 is 0 Å². The summed E-state index contributed by atoms with van der Waals surface area (Å²) < 4.78 is 11.9. The number of hydrogen-bond acceptors (Lipinski definition) is 3. The van der Waals surface area contributed by atoms with Gasteiger partial charge in [0.05, 0.1) is 13.2 Å². The summed E-state index contributed by atoms with van der Waals surface area (Å²) in [5.41, 5.74) is 3.83. The lowest BCUT2D eigenvalue weighted by Crippen LogP contribution is -2.12. The topological polar surface area (TPSA) is 31.4 Å². The second-order valence-electron chi connectivity index (χ2n) is 7.46. The molecule has 2 aromatic carbocycles. The van der Waals surface area contributed by atoms with Crippen molar-refractivity contribution in [2.75, 3.05) is 7.11 Å². The Balaban J connectivity index is 0.00000240. The van der Waals surface area contributed by atoms with Gasteiger partial charge in [-0.2, -0.15) is 0 Å². The van der Waals surface area contributed by atoms with E-state index in [0.717, 1.165) is 30.8 Å². The fraction of sp³-hybridized carbons (Fsp3) is 0.346. The number of nitrogens with zero attached hydrogens (tertiary/aromatic N) is 1. The highest BCUT2D eigenvalue weighted by molar-refractivity contribution is 5.47. The summed E-state index contributed by atoms with van der Waals surface area (Å²) in [6.45, 7) is 0. The van der Waals surface area contributed by atoms with Crippen molar-refractivity contribution in [1.29, 1.82) is 0 Å². The molecule has 0 aliphatic heterocycles. The van der Waals surface area contributed by atoms with Crippen LogP contribution in [0.4, 0.5) is 0 Å². The van der Waals surface area contributed by atoms with Crippen LogP contribution in [0, 0.1) is 0 Å². The molecule has 1 aliphatic rings. The first-order chi connectivity index (χ1) is 13.8. The first-order valence-corrected chi connectivity index (χ1v) is 10.1. The van der Waals surface area contributed by atoms with Crippen molar-refractivity contribution in [2.24, 2.45) is 0 Å². The minimum absolute atomic E-state index is 0. The average molecular weight is 390 g/mol. The van der Waals surface area contributed by atoms with Crippen molar-refractivity contribution in [2.45, 2.75) is 51.6 Å². The van der Waals surface area contributed by atoms with Crippen LogP contribution >= 0.6 is 0 Å². The molecular weight excluding hydrogens is 358 g/mol. The van der Waals surface area contributed by atoms with E-state index in [-0.39, 0.29) is 13.3 Å². The van der Waals surface area contributed by atoms with Crippen molar-refractivity contribution < 1.29 is 9.47 Å². The summed E-state index contributed by atoms with van der Waals surface area (Å²) in [5.74, 6) is 1.93. The molecule has 4 rings (SSSR count). The lowest BCUT2D eigenvalue weighted by Gasteiger charge is -2.22. The molecule has 1 atom stereocenters. The second kappa shape index (κ2) is 10.1. The number of hydrogen-bond donors (Lipinski definition) is 0. The highest BCUT2D eigenvalue weighted by atomic mass is 16.5. The van der Waals surface area contributed by atoms with E-state index in [1.165, 1.54) is 29.5 Å². The van der Waals surface area contributed by atoms with Gasteiger partial charge >= 0.3 is 0 Å². The van der Waals surface area contributed by atoms with E-state index in [1.807, 2.05) is 18.5 Å². The molecule has 0 amide bonds. The highest BCUT2D eigenvalue weighted by Crippen LogP contribution is 2.37. The normalized spacial score (nSPS) is 14.8. The van der Waals surface area contributed by atoms with E-state index in [2.05, 4.69) is 59.6 Å². The van der Waals surface area contributed by atoms with Gasteiger partial charge in [-0.3, -0.25) is 4.98 Å². The van der Waals surface area contributed by atoms with Crippen LogP contribution in [0.3, 0.4) is 0 Å². The molecule has 0 bridgehead atoms. The summed E-state index contributed by atoms with van der Waals surface area (Å²) in [7, 11) is 1.71. The SMILES string of the molecule is C.COc1ccc([C@H](Cc2ccncc2)c2ccccc2)cc1OC1CCCC1. The van der Waals surface area contributed by atoms with Gasteiger partial charge in [0.1, 0.15) is 0 Å². The smallest absolute Gasteiger partial charge is 0.161 e. The molecule has 1 fully saturated rings. The Labute approximate surface area is 174 Å². The van der Waals surface area contributed by atoms with E-state index in [9.17, 15) is 0 Å². The third-order valence-corrected chi connectivity index (χ3v) is 5.58. The van der Waals surface area contributed by atoms with E-state index in [1.54, 1.807) is 7.11 Å². The summed E-state index contributed by atoms with van der Waals surface area (Å²) in [6.07, 6.45) is 9.71. The molecule has 152 valence electrons. The van der Waals surface area contributed by atoms with Crippen LogP contribution in [0.25, 0.3) is 0 Å². The Hall–Kier alpha value is -2.81. The fourth-order valence-electron chi connectivity index (χ4n) is 4.06.